The normalized spacial score (nSPS) is 19.3. The first-order chi connectivity index (χ1) is 8.56. The van der Waals surface area contributed by atoms with Gasteiger partial charge in [-0.25, -0.2) is 0 Å². The molecule has 5 nitrogen and oxygen atoms in total. The van der Waals surface area contributed by atoms with Gasteiger partial charge in [-0.05, 0) is 26.3 Å². The predicted molar refractivity (Wildman–Crippen MR) is 79.6 cm³/mol. The average Bonchev–Trinajstić information content (AvgIpc) is 2.35. The molecule has 114 valence electrons. The topological polar surface area (TPSA) is 67.6 Å². The van der Waals surface area contributed by atoms with Crippen molar-refractivity contribution in [3.8, 4) is 0 Å². The van der Waals surface area contributed by atoms with Crippen LogP contribution < -0.4 is 11.1 Å². The van der Waals surface area contributed by atoms with Crippen LogP contribution in [0.25, 0.3) is 0 Å². The Morgan fingerprint density at radius 1 is 1.42 bits per heavy atom. The molecule has 1 aliphatic rings. The van der Waals surface area contributed by atoms with Gasteiger partial charge in [-0.1, -0.05) is 13.3 Å². The molecule has 1 atom stereocenters. The summed E-state index contributed by atoms with van der Waals surface area (Å²) in [6.07, 6.45) is 2.62. The zero-order chi connectivity index (χ0) is 13.4. The van der Waals surface area contributed by atoms with Gasteiger partial charge in [0, 0.05) is 19.6 Å². The number of carbonyl (C=O) groups excluding carboxylic acids is 1. The van der Waals surface area contributed by atoms with Crippen molar-refractivity contribution in [3.63, 3.8) is 0 Å². The SMILES string of the molecule is CCCC(C)(N)C(=O)NCCCN1CCOCC1.Cl. The molecule has 1 rings (SSSR count). The van der Waals surface area contributed by atoms with Crippen molar-refractivity contribution >= 4 is 18.3 Å². The van der Waals surface area contributed by atoms with Gasteiger partial charge in [0.15, 0.2) is 0 Å². The maximum absolute atomic E-state index is 11.8. The maximum Gasteiger partial charge on any atom is 0.239 e. The molecule has 0 spiro atoms. The fourth-order valence-electron chi connectivity index (χ4n) is 2.16. The van der Waals surface area contributed by atoms with E-state index in [1.54, 1.807) is 6.92 Å². The fraction of sp³-hybridized carbons (Fsp3) is 0.923. The van der Waals surface area contributed by atoms with E-state index < -0.39 is 5.54 Å². The van der Waals surface area contributed by atoms with Crippen LogP contribution in [0, 0.1) is 0 Å². The summed E-state index contributed by atoms with van der Waals surface area (Å²) in [6, 6.07) is 0. The Labute approximate surface area is 122 Å². The Balaban J connectivity index is 0.00000324. The Bertz CT molecular complexity index is 256. The molecular formula is C13H28ClN3O2. The molecule has 1 aliphatic heterocycles. The lowest BCUT2D eigenvalue weighted by Crippen LogP contribution is -2.51. The highest BCUT2D eigenvalue weighted by atomic mass is 35.5. The molecule has 0 aromatic rings. The highest BCUT2D eigenvalue weighted by Gasteiger charge is 2.26. The number of ether oxygens (including phenoxy) is 1. The summed E-state index contributed by atoms with van der Waals surface area (Å²) in [5.41, 5.74) is 5.23. The van der Waals surface area contributed by atoms with Crippen molar-refractivity contribution in [1.29, 1.82) is 0 Å². The third-order valence-electron chi connectivity index (χ3n) is 3.33. The predicted octanol–water partition coefficient (Wildman–Crippen LogP) is 0.764. The monoisotopic (exact) mass is 293 g/mol. The van der Waals surface area contributed by atoms with Crippen LogP contribution in [-0.2, 0) is 9.53 Å². The molecule has 0 aromatic carbocycles. The van der Waals surface area contributed by atoms with Crippen LogP contribution in [-0.4, -0.2) is 55.7 Å². The molecule has 1 fully saturated rings. The molecule has 1 unspecified atom stereocenters. The number of halogens is 1. The van der Waals surface area contributed by atoms with E-state index in [1.807, 2.05) is 6.92 Å². The van der Waals surface area contributed by atoms with Crippen molar-refractivity contribution < 1.29 is 9.53 Å². The van der Waals surface area contributed by atoms with Crippen LogP contribution in [0.3, 0.4) is 0 Å². The third kappa shape index (κ3) is 7.11. The van der Waals surface area contributed by atoms with Gasteiger partial charge >= 0.3 is 0 Å². The lowest BCUT2D eigenvalue weighted by Gasteiger charge is -2.27. The summed E-state index contributed by atoms with van der Waals surface area (Å²) in [6.45, 7) is 9.19. The van der Waals surface area contributed by atoms with Crippen molar-refractivity contribution in [2.24, 2.45) is 5.73 Å². The quantitative estimate of drug-likeness (QED) is 0.680. The summed E-state index contributed by atoms with van der Waals surface area (Å²) >= 11 is 0. The number of morpholine rings is 1. The van der Waals surface area contributed by atoms with Crippen molar-refractivity contribution in [2.75, 3.05) is 39.4 Å². The highest BCUT2D eigenvalue weighted by molar-refractivity contribution is 5.85. The van der Waals surface area contributed by atoms with Gasteiger partial charge in [0.05, 0.1) is 18.8 Å². The van der Waals surface area contributed by atoms with Crippen molar-refractivity contribution in [1.82, 2.24) is 10.2 Å². The largest absolute Gasteiger partial charge is 0.379 e. The van der Waals surface area contributed by atoms with Gasteiger partial charge in [-0.3, -0.25) is 9.69 Å². The molecule has 0 saturated carbocycles. The Morgan fingerprint density at radius 3 is 2.63 bits per heavy atom. The lowest BCUT2D eigenvalue weighted by molar-refractivity contribution is -0.126. The van der Waals surface area contributed by atoms with E-state index in [0.29, 0.717) is 6.54 Å². The summed E-state index contributed by atoms with van der Waals surface area (Å²) in [5.74, 6) is -0.0358. The zero-order valence-electron chi connectivity index (χ0n) is 12.1. The van der Waals surface area contributed by atoms with Crippen LogP contribution in [0.1, 0.15) is 33.1 Å². The van der Waals surface area contributed by atoms with E-state index in [9.17, 15) is 4.79 Å². The zero-order valence-corrected chi connectivity index (χ0v) is 12.9. The molecule has 0 radical (unpaired) electrons. The molecule has 0 bridgehead atoms. The van der Waals surface area contributed by atoms with Gasteiger partial charge < -0.3 is 15.8 Å². The van der Waals surface area contributed by atoms with Crippen LogP contribution in [0.5, 0.6) is 0 Å². The van der Waals surface area contributed by atoms with E-state index in [1.165, 1.54) is 0 Å². The number of nitrogens with one attached hydrogen (secondary N) is 1. The first kappa shape index (κ1) is 18.6. The molecule has 1 heterocycles. The first-order valence-corrected chi connectivity index (χ1v) is 6.93. The minimum atomic E-state index is -0.728. The van der Waals surface area contributed by atoms with E-state index in [2.05, 4.69) is 10.2 Å². The Kier molecular flexibility index (Phi) is 9.35. The number of amides is 1. The summed E-state index contributed by atoms with van der Waals surface area (Å²) in [5, 5.41) is 2.93. The number of rotatable bonds is 7. The van der Waals surface area contributed by atoms with Crippen molar-refractivity contribution in [3.05, 3.63) is 0 Å². The molecule has 3 N–H and O–H groups in total. The molecule has 1 saturated heterocycles. The number of hydrogen-bond donors (Lipinski definition) is 2. The van der Waals surface area contributed by atoms with Gasteiger partial charge in [-0.2, -0.15) is 0 Å². The first-order valence-electron chi connectivity index (χ1n) is 6.93. The van der Waals surface area contributed by atoms with E-state index in [0.717, 1.165) is 52.1 Å². The van der Waals surface area contributed by atoms with Gasteiger partial charge in [-0.15, -0.1) is 12.4 Å². The molecule has 1 amide bonds. The summed E-state index contributed by atoms with van der Waals surface area (Å²) < 4.78 is 5.29. The smallest absolute Gasteiger partial charge is 0.239 e. The number of hydrogen-bond acceptors (Lipinski definition) is 4. The minimum absolute atomic E-state index is 0. The molecule has 6 heteroatoms. The second kappa shape index (κ2) is 9.53. The molecule has 0 aliphatic carbocycles. The molecular weight excluding hydrogens is 266 g/mol. The number of nitrogens with zero attached hydrogens (tertiary/aromatic N) is 1. The maximum atomic E-state index is 11.8. The van der Waals surface area contributed by atoms with Crippen LogP contribution in [0.4, 0.5) is 0 Å². The van der Waals surface area contributed by atoms with Crippen LogP contribution >= 0.6 is 12.4 Å². The summed E-state index contributed by atoms with van der Waals surface area (Å²) in [7, 11) is 0. The second-order valence-electron chi connectivity index (χ2n) is 5.23. The molecule has 19 heavy (non-hydrogen) atoms. The minimum Gasteiger partial charge on any atom is -0.379 e. The van der Waals surface area contributed by atoms with E-state index >= 15 is 0 Å². The van der Waals surface area contributed by atoms with Crippen LogP contribution in [0.2, 0.25) is 0 Å². The number of carbonyl (C=O) groups is 1. The van der Waals surface area contributed by atoms with E-state index in [4.69, 9.17) is 10.5 Å². The third-order valence-corrected chi connectivity index (χ3v) is 3.33. The van der Waals surface area contributed by atoms with Crippen LogP contribution in [0.15, 0.2) is 0 Å². The van der Waals surface area contributed by atoms with Gasteiger partial charge in [0.25, 0.3) is 0 Å². The summed E-state index contributed by atoms with van der Waals surface area (Å²) in [4.78, 5) is 14.2. The molecule has 0 aromatic heterocycles. The standard InChI is InChI=1S/C13H27N3O2.ClH/c1-3-5-13(2,14)12(17)15-6-4-7-16-8-10-18-11-9-16;/h3-11,14H2,1-2H3,(H,15,17);1H. The van der Waals surface area contributed by atoms with E-state index in [-0.39, 0.29) is 18.3 Å². The average molecular weight is 294 g/mol. The Morgan fingerprint density at radius 2 is 2.05 bits per heavy atom. The Hall–Kier alpha value is -0.360. The van der Waals surface area contributed by atoms with Crippen molar-refractivity contribution in [2.45, 2.75) is 38.6 Å². The second-order valence-corrected chi connectivity index (χ2v) is 5.23. The van der Waals surface area contributed by atoms with Gasteiger partial charge in [0.2, 0.25) is 5.91 Å². The van der Waals surface area contributed by atoms with Gasteiger partial charge in [0.1, 0.15) is 0 Å². The number of nitrogens with two attached hydrogens (primary N) is 1. The fourth-order valence-corrected chi connectivity index (χ4v) is 2.16. The highest BCUT2D eigenvalue weighted by Crippen LogP contribution is 2.08. The lowest BCUT2D eigenvalue weighted by atomic mass is 9.96.